The predicted octanol–water partition coefficient (Wildman–Crippen LogP) is 8.50. The van der Waals surface area contributed by atoms with Crippen molar-refractivity contribution in [2.24, 2.45) is 0 Å². The Balaban J connectivity index is 1.39. The second-order valence-corrected chi connectivity index (χ2v) is 9.05. The van der Waals surface area contributed by atoms with E-state index in [0.29, 0.717) is 11.3 Å². The van der Waals surface area contributed by atoms with Gasteiger partial charge in [0.2, 0.25) is 0 Å². The van der Waals surface area contributed by atoms with E-state index in [-0.39, 0.29) is 0 Å². The highest BCUT2D eigenvalue weighted by molar-refractivity contribution is 5.88. The van der Waals surface area contributed by atoms with E-state index in [1.807, 2.05) is 24.3 Å². The fraction of sp³-hybridized carbons (Fsp3) is 0.303. The monoisotopic (exact) mass is 516 g/mol. The number of carbonyl (C=O) groups is 1. The Kier molecular flexibility index (Phi) is 12.1. The van der Waals surface area contributed by atoms with Crippen LogP contribution in [-0.2, 0) is 4.79 Å². The summed E-state index contributed by atoms with van der Waals surface area (Å²) in [5.41, 5.74) is 2.01. The van der Waals surface area contributed by atoms with E-state index in [1.165, 1.54) is 57.1 Å². The summed E-state index contributed by atoms with van der Waals surface area (Å²) in [5.74, 6) is 4.87. The summed E-state index contributed by atoms with van der Waals surface area (Å²) in [4.78, 5) is 12.0. The lowest BCUT2D eigenvalue weighted by molar-refractivity contribution is -0.128. The van der Waals surface area contributed by atoms with Crippen LogP contribution in [0.25, 0.3) is 6.08 Å². The number of rotatable bonds is 13. The maximum absolute atomic E-state index is 13.2. The number of unbranched alkanes of at least 4 members (excludes halogenated alkanes) is 7. The molecule has 3 nitrogen and oxygen atoms in total. The first kappa shape index (κ1) is 28.7. The van der Waals surface area contributed by atoms with E-state index in [9.17, 15) is 13.6 Å². The smallest absolute Gasteiger partial charge is 0.336 e. The zero-order valence-corrected chi connectivity index (χ0v) is 21.9. The molecule has 0 aliphatic carbocycles. The molecule has 5 heteroatoms. The van der Waals surface area contributed by atoms with Gasteiger partial charge in [-0.2, -0.15) is 0 Å². The quantitative estimate of drug-likeness (QED) is 0.0751. The van der Waals surface area contributed by atoms with E-state index < -0.39 is 17.6 Å². The molecule has 0 amide bonds. The van der Waals surface area contributed by atoms with Crippen LogP contribution < -0.4 is 9.47 Å². The van der Waals surface area contributed by atoms with Crippen LogP contribution in [0.5, 0.6) is 11.5 Å². The van der Waals surface area contributed by atoms with Crippen LogP contribution in [0.3, 0.4) is 0 Å². The van der Waals surface area contributed by atoms with Crippen LogP contribution in [0.2, 0.25) is 0 Å². The Hall–Kier alpha value is -3.91. The zero-order chi connectivity index (χ0) is 27.0. The van der Waals surface area contributed by atoms with E-state index >= 15 is 0 Å². The molecule has 0 N–H and O–H groups in total. The van der Waals surface area contributed by atoms with Gasteiger partial charge in [0.15, 0.2) is 11.6 Å². The molecule has 38 heavy (non-hydrogen) atoms. The summed E-state index contributed by atoms with van der Waals surface area (Å²) in [6, 6.07) is 17.9. The number of ether oxygens (including phenoxy) is 2. The van der Waals surface area contributed by atoms with Crippen molar-refractivity contribution >= 4 is 12.0 Å². The Bertz CT molecular complexity index is 1240. The summed E-state index contributed by atoms with van der Waals surface area (Å²) >= 11 is 0. The van der Waals surface area contributed by atoms with Gasteiger partial charge in [-0.1, -0.05) is 69.8 Å². The van der Waals surface area contributed by atoms with Crippen LogP contribution in [-0.4, -0.2) is 12.6 Å². The second-order valence-electron chi connectivity index (χ2n) is 9.05. The van der Waals surface area contributed by atoms with E-state index in [0.717, 1.165) is 48.1 Å². The van der Waals surface area contributed by atoms with Crippen LogP contribution >= 0.6 is 0 Å². The van der Waals surface area contributed by atoms with Crippen molar-refractivity contribution in [2.45, 2.75) is 58.3 Å². The summed E-state index contributed by atoms with van der Waals surface area (Å²) in [5, 5.41) is 0. The second kappa shape index (κ2) is 16.0. The maximum Gasteiger partial charge on any atom is 0.336 e. The van der Waals surface area contributed by atoms with Gasteiger partial charge in [0.1, 0.15) is 11.5 Å². The lowest BCUT2D eigenvalue weighted by Crippen LogP contribution is -2.03. The van der Waals surface area contributed by atoms with Gasteiger partial charge >= 0.3 is 5.97 Å². The zero-order valence-electron chi connectivity index (χ0n) is 21.9. The molecule has 0 heterocycles. The van der Waals surface area contributed by atoms with Crippen LogP contribution in [0, 0.1) is 23.5 Å². The van der Waals surface area contributed by atoms with Crippen LogP contribution in [0.4, 0.5) is 8.78 Å². The van der Waals surface area contributed by atoms with Crippen molar-refractivity contribution in [3.8, 4) is 23.3 Å². The molecule has 0 atom stereocenters. The highest BCUT2D eigenvalue weighted by Crippen LogP contribution is 2.16. The minimum absolute atomic E-state index is 0.355. The normalized spacial score (nSPS) is 10.7. The average molecular weight is 517 g/mol. The molecule has 0 radical (unpaired) electrons. The Morgan fingerprint density at radius 2 is 1.32 bits per heavy atom. The summed E-state index contributed by atoms with van der Waals surface area (Å²) in [6.07, 6.45) is 12.7. The fourth-order valence-electron chi connectivity index (χ4n) is 3.74. The molecule has 3 rings (SSSR count). The Labute approximate surface area is 224 Å². The minimum Gasteiger partial charge on any atom is -0.494 e. The molecular weight excluding hydrogens is 482 g/mol. The largest absolute Gasteiger partial charge is 0.494 e. The number of carbonyl (C=O) groups excluding carboxylic acids is 1. The highest BCUT2D eigenvalue weighted by Gasteiger charge is 2.03. The highest BCUT2D eigenvalue weighted by atomic mass is 19.2. The van der Waals surface area contributed by atoms with E-state index in [4.69, 9.17) is 9.47 Å². The van der Waals surface area contributed by atoms with Crippen molar-refractivity contribution < 1.29 is 23.0 Å². The first-order valence-corrected chi connectivity index (χ1v) is 13.2. The topological polar surface area (TPSA) is 35.5 Å². The Morgan fingerprint density at radius 1 is 0.737 bits per heavy atom. The van der Waals surface area contributed by atoms with Crippen molar-refractivity contribution in [1.82, 2.24) is 0 Å². The lowest BCUT2D eigenvalue weighted by atomic mass is 10.1. The van der Waals surface area contributed by atoms with Crippen LogP contribution in [0.15, 0.2) is 72.8 Å². The summed E-state index contributed by atoms with van der Waals surface area (Å²) in [6.45, 7) is 2.97. The van der Waals surface area contributed by atoms with Gasteiger partial charge in [-0.25, -0.2) is 13.6 Å². The van der Waals surface area contributed by atoms with Crippen molar-refractivity contribution in [1.29, 1.82) is 0 Å². The summed E-state index contributed by atoms with van der Waals surface area (Å²) < 4.78 is 37.3. The number of benzene rings is 3. The molecule has 0 unspecified atom stereocenters. The van der Waals surface area contributed by atoms with E-state index in [2.05, 4.69) is 18.8 Å². The van der Waals surface area contributed by atoms with Gasteiger partial charge < -0.3 is 9.47 Å². The molecule has 0 aliphatic heterocycles. The molecule has 0 bridgehead atoms. The SMILES string of the molecule is CCCCCCCCCCOc1ccc(C#Cc2ccc(OC(=O)/C=C/c3ccc(F)c(F)c3)cc2)cc1. The van der Waals surface area contributed by atoms with Gasteiger partial charge in [-0.3, -0.25) is 0 Å². The number of halogens is 2. The summed E-state index contributed by atoms with van der Waals surface area (Å²) in [7, 11) is 0. The van der Waals surface area contributed by atoms with Gasteiger partial charge in [0.05, 0.1) is 6.61 Å². The molecule has 0 spiro atoms. The number of esters is 1. The standard InChI is InChI=1S/C33H34F2O3/c1-2-3-4-5-6-7-8-9-24-37-29-18-12-26(13-19-29)10-11-27-14-20-30(21-15-27)38-33(36)23-17-28-16-22-31(34)32(35)25-28/h12-23,25H,2-9,24H2,1H3/b23-17+. The molecule has 3 aromatic carbocycles. The average Bonchev–Trinajstić information content (AvgIpc) is 2.93. The third-order valence-corrected chi connectivity index (χ3v) is 5.90. The third kappa shape index (κ3) is 10.6. The maximum atomic E-state index is 13.2. The van der Waals surface area contributed by atoms with Crippen molar-refractivity contribution in [2.75, 3.05) is 6.61 Å². The number of hydrogen-bond donors (Lipinski definition) is 0. The molecule has 0 saturated carbocycles. The molecular formula is C33H34F2O3. The molecule has 0 aliphatic rings. The molecule has 0 fully saturated rings. The molecule has 0 saturated heterocycles. The molecule has 3 aromatic rings. The minimum atomic E-state index is -0.976. The van der Waals surface area contributed by atoms with Crippen molar-refractivity contribution in [3.05, 3.63) is 101 Å². The Morgan fingerprint density at radius 3 is 1.92 bits per heavy atom. The third-order valence-electron chi connectivity index (χ3n) is 5.90. The lowest BCUT2D eigenvalue weighted by Gasteiger charge is -2.06. The van der Waals surface area contributed by atoms with Crippen LogP contribution in [0.1, 0.15) is 75.0 Å². The first-order valence-electron chi connectivity index (χ1n) is 13.2. The molecule has 198 valence electrons. The fourth-order valence-corrected chi connectivity index (χ4v) is 3.74. The van der Waals surface area contributed by atoms with Gasteiger partial charge in [-0.15, -0.1) is 0 Å². The molecule has 0 aromatic heterocycles. The predicted molar refractivity (Wildman–Crippen MR) is 148 cm³/mol. The first-order chi connectivity index (χ1) is 18.5. The van der Waals surface area contributed by atoms with E-state index in [1.54, 1.807) is 24.3 Å². The van der Waals surface area contributed by atoms with Gasteiger partial charge in [0, 0.05) is 17.2 Å². The van der Waals surface area contributed by atoms with Gasteiger partial charge in [0.25, 0.3) is 0 Å². The van der Waals surface area contributed by atoms with Crippen molar-refractivity contribution in [3.63, 3.8) is 0 Å². The van der Waals surface area contributed by atoms with Gasteiger partial charge in [-0.05, 0) is 78.7 Å². The number of hydrogen-bond acceptors (Lipinski definition) is 3.